The van der Waals surface area contributed by atoms with Crippen LogP contribution in [0.25, 0.3) is 16.6 Å². The molecule has 0 N–H and O–H groups in total. The van der Waals surface area contributed by atoms with Gasteiger partial charge in [-0.05, 0) is 43.8 Å². The lowest BCUT2D eigenvalue weighted by Gasteiger charge is -2.34. The van der Waals surface area contributed by atoms with E-state index in [4.69, 9.17) is 4.99 Å². The quantitative estimate of drug-likeness (QED) is 0.480. The molecule has 4 heteroatoms. The fraction of sp³-hybridized carbons (Fsp3) is 0.318. The van der Waals surface area contributed by atoms with Gasteiger partial charge in [-0.2, -0.15) is 0 Å². The number of aryl methyl sites for hydroxylation is 1. The minimum Gasteiger partial charge on any atom is -0.354 e. The van der Waals surface area contributed by atoms with Gasteiger partial charge in [0, 0.05) is 45.0 Å². The molecule has 0 atom stereocenters. The summed E-state index contributed by atoms with van der Waals surface area (Å²) in [6, 6.07) is 9.35. The van der Waals surface area contributed by atoms with Crippen LogP contribution in [0.2, 0.25) is 0 Å². The molecule has 0 spiro atoms. The van der Waals surface area contributed by atoms with Gasteiger partial charge in [0.15, 0.2) is 0 Å². The van der Waals surface area contributed by atoms with E-state index in [0.29, 0.717) is 0 Å². The first-order valence-electron chi connectivity index (χ1n) is 8.89. The van der Waals surface area contributed by atoms with Crippen LogP contribution in [0, 0.1) is 12.3 Å². The third-order valence-corrected chi connectivity index (χ3v) is 4.80. The summed E-state index contributed by atoms with van der Waals surface area (Å²) in [6.45, 7) is 14.1. The van der Waals surface area contributed by atoms with Crippen molar-refractivity contribution in [2.24, 2.45) is 12.0 Å². The number of likely N-dealkylation sites (N-methyl/N-ethyl adjacent to an activating group) is 1. The number of aliphatic imine (C=N–C) groups is 1. The maximum atomic E-state index is 4.87. The van der Waals surface area contributed by atoms with E-state index in [0.717, 1.165) is 59.8 Å². The van der Waals surface area contributed by atoms with E-state index in [9.17, 15) is 0 Å². The SMILES string of the molecule is C=C/C(C)=C/C(=NC(=C)c1ccc2c(c#cn2C)c1)N1CCN(C)CC1. The van der Waals surface area contributed by atoms with Gasteiger partial charge in [-0.3, -0.25) is 0 Å². The van der Waals surface area contributed by atoms with Crippen LogP contribution < -0.4 is 0 Å². The summed E-state index contributed by atoms with van der Waals surface area (Å²) in [6.07, 6.45) is 7.01. The molecular formula is C22H26N4. The molecule has 0 radical (unpaired) electrons. The molecule has 1 aromatic heterocycles. The van der Waals surface area contributed by atoms with Crippen molar-refractivity contribution in [1.29, 1.82) is 0 Å². The minimum atomic E-state index is 0.756. The zero-order valence-corrected chi connectivity index (χ0v) is 15.9. The molecule has 1 saturated heterocycles. The zero-order chi connectivity index (χ0) is 18.7. The Morgan fingerprint density at radius 1 is 1.19 bits per heavy atom. The van der Waals surface area contributed by atoms with Gasteiger partial charge < -0.3 is 14.4 Å². The molecule has 0 bridgehead atoms. The zero-order valence-electron chi connectivity index (χ0n) is 15.9. The van der Waals surface area contributed by atoms with E-state index in [1.165, 1.54) is 0 Å². The Morgan fingerprint density at radius 3 is 2.62 bits per heavy atom. The largest absolute Gasteiger partial charge is 0.354 e. The highest BCUT2D eigenvalue weighted by molar-refractivity contribution is 5.98. The number of piperazine rings is 1. The minimum absolute atomic E-state index is 0.756. The number of aromatic nitrogens is 1. The molecule has 1 aliphatic rings. The number of rotatable bonds is 4. The normalized spacial score (nSPS) is 16.7. The number of hydrogen-bond donors (Lipinski definition) is 0. The molecule has 1 fully saturated rings. The van der Waals surface area contributed by atoms with Crippen LogP contribution in [0.3, 0.4) is 0 Å². The van der Waals surface area contributed by atoms with Crippen molar-refractivity contribution in [2.45, 2.75) is 6.92 Å². The highest BCUT2D eigenvalue weighted by Crippen LogP contribution is 2.21. The van der Waals surface area contributed by atoms with Crippen molar-refractivity contribution in [1.82, 2.24) is 14.4 Å². The van der Waals surface area contributed by atoms with Crippen LogP contribution in [0.1, 0.15) is 12.5 Å². The topological polar surface area (TPSA) is 23.8 Å². The number of allylic oxidation sites excluding steroid dienone is 2. The highest BCUT2D eigenvalue weighted by atomic mass is 15.3. The Kier molecular flexibility index (Phi) is 5.29. The van der Waals surface area contributed by atoms with E-state index < -0.39 is 0 Å². The summed E-state index contributed by atoms with van der Waals surface area (Å²) in [5.74, 6) is 0.948. The Hall–Kier alpha value is -2.77. The fourth-order valence-electron chi connectivity index (χ4n) is 3.01. The van der Waals surface area contributed by atoms with Crippen molar-refractivity contribution in [3.05, 3.63) is 66.9 Å². The second-order valence-corrected chi connectivity index (χ2v) is 6.83. The molecule has 4 nitrogen and oxygen atoms in total. The Balaban J connectivity index is 1.91. The molecule has 134 valence electrons. The first kappa shape index (κ1) is 18.0. The highest BCUT2D eigenvalue weighted by Gasteiger charge is 2.17. The molecular weight excluding hydrogens is 320 g/mol. The van der Waals surface area contributed by atoms with Gasteiger partial charge in [0.25, 0.3) is 0 Å². The average Bonchev–Trinajstić information content (AvgIpc) is 3.02. The summed E-state index contributed by atoms with van der Waals surface area (Å²) in [5, 5.41) is 1.03. The summed E-state index contributed by atoms with van der Waals surface area (Å²) >= 11 is 0. The van der Waals surface area contributed by atoms with Crippen LogP contribution in [-0.4, -0.2) is 53.4 Å². The summed E-state index contributed by atoms with van der Waals surface area (Å²) < 4.78 is 1.94. The molecule has 0 saturated carbocycles. The molecule has 2 aromatic rings. The Labute approximate surface area is 156 Å². The Bertz CT molecular complexity index is 877. The lowest BCUT2D eigenvalue weighted by atomic mass is 10.1. The molecule has 3 rings (SSSR count). The standard InChI is InChI=1S/C22H26N4/c1-6-17(2)15-22(26-13-11-24(4)12-14-26)23-18(3)19-7-8-21-20(16-19)9-10-25(21)5/h6-8,15-16H,1,3,11-14H2,2,4-5H3/b17-15+,23-22?. The predicted molar refractivity (Wildman–Crippen MR) is 110 cm³/mol. The van der Waals surface area contributed by atoms with E-state index >= 15 is 0 Å². The van der Waals surface area contributed by atoms with Crippen LogP contribution in [0.5, 0.6) is 0 Å². The lowest BCUT2D eigenvalue weighted by molar-refractivity contribution is 0.216. The van der Waals surface area contributed by atoms with Crippen LogP contribution >= 0.6 is 0 Å². The lowest BCUT2D eigenvalue weighted by Crippen LogP contribution is -2.46. The average molecular weight is 346 g/mol. The van der Waals surface area contributed by atoms with Crippen molar-refractivity contribution in [3.8, 4) is 0 Å². The second kappa shape index (κ2) is 7.63. The third-order valence-electron chi connectivity index (χ3n) is 4.80. The predicted octanol–water partition coefficient (Wildman–Crippen LogP) is 3.53. The molecule has 0 unspecified atom stereocenters. The number of benzene rings is 1. The van der Waals surface area contributed by atoms with Gasteiger partial charge in [-0.25, -0.2) is 4.99 Å². The van der Waals surface area contributed by atoms with Gasteiger partial charge in [0.1, 0.15) is 5.84 Å². The van der Waals surface area contributed by atoms with Crippen molar-refractivity contribution in [2.75, 3.05) is 33.2 Å². The van der Waals surface area contributed by atoms with Crippen molar-refractivity contribution < 1.29 is 0 Å². The molecule has 0 amide bonds. The Morgan fingerprint density at radius 2 is 1.92 bits per heavy atom. The van der Waals surface area contributed by atoms with Gasteiger partial charge in [0.2, 0.25) is 0 Å². The number of amidine groups is 1. The summed E-state index contributed by atoms with van der Waals surface area (Å²) in [5.41, 5.74) is 3.96. The van der Waals surface area contributed by atoms with Gasteiger partial charge in [-0.15, -0.1) is 0 Å². The summed E-state index contributed by atoms with van der Waals surface area (Å²) in [4.78, 5) is 9.53. The number of fused-ring (bicyclic) bond motifs is 1. The van der Waals surface area contributed by atoms with E-state index in [-0.39, 0.29) is 0 Å². The van der Waals surface area contributed by atoms with E-state index in [2.05, 4.69) is 66.5 Å². The molecule has 1 aromatic carbocycles. The number of hydrogen-bond acceptors (Lipinski definition) is 2. The second-order valence-electron chi connectivity index (χ2n) is 6.83. The maximum absolute atomic E-state index is 4.87. The smallest absolute Gasteiger partial charge is 0.129 e. The van der Waals surface area contributed by atoms with Crippen LogP contribution in [0.4, 0.5) is 0 Å². The van der Waals surface area contributed by atoms with Crippen molar-refractivity contribution in [3.63, 3.8) is 0 Å². The summed E-state index contributed by atoms with van der Waals surface area (Å²) in [7, 11) is 4.13. The van der Waals surface area contributed by atoms with Gasteiger partial charge in [0.05, 0.1) is 16.6 Å². The first-order chi connectivity index (χ1) is 12.5. The molecule has 2 heterocycles. The monoisotopic (exact) mass is 346 g/mol. The van der Waals surface area contributed by atoms with Crippen molar-refractivity contribution >= 4 is 22.4 Å². The van der Waals surface area contributed by atoms with E-state index in [1.807, 2.05) is 24.6 Å². The molecule has 26 heavy (non-hydrogen) atoms. The number of nitrogens with zero attached hydrogens (tertiary/aromatic N) is 4. The van der Waals surface area contributed by atoms with Crippen LogP contribution in [0.15, 0.2) is 54.1 Å². The van der Waals surface area contributed by atoms with Gasteiger partial charge >= 0.3 is 0 Å². The molecule has 0 aliphatic carbocycles. The maximum Gasteiger partial charge on any atom is 0.129 e. The molecule has 1 aliphatic heterocycles. The van der Waals surface area contributed by atoms with Crippen LogP contribution in [-0.2, 0) is 7.05 Å². The first-order valence-corrected chi connectivity index (χ1v) is 8.89. The van der Waals surface area contributed by atoms with Gasteiger partial charge in [-0.1, -0.05) is 25.3 Å². The van der Waals surface area contributed by atoms with E-state index in [1.54, 1.807) is 0 Å². The third kappa shape index (κ3) is 3.89. The fourth-order valence-corrected chi connectivity index (χ4v) is 3.01.